The highest BCUT2D eigenvalue weighted by molar-refractivity contribution is 14.1. The first-order valence-electron chi connectivity index (χ1n) is 19.1. The predicted octanol–water partition coefficient (Wildman–Crippen LogP) is 2.42. The van der Waals surface area contributed by atoms with Crippen LogP contribution in [-0.2, 0) is 52.3 Å². The molecule has 0 radical (unpaired) electrons. The van der Waals surface area contributed by atoms with Crippen molar-refractivity contribution in [3.05, 3.63) is 23.8 Å². The van der Waals surface area contributed by atoms with E-state index in [4.69, 9.17) is 33.2 Å². The zero-order chi connectivity index (χ0) is 42.6. The van der Waals surface area contributed by atoms with Crippen LogP contribution in [-0.4, -0.2) is 129 Å². The molecule has 4 heterocycles. The van der Waals surface area contributed by atoms with Crippen molar-refractivity contribution in [2.24, 2.45) is 10.8 Å². The number of fused-ring (bicyclic) bond motifs is 6. The standard InChI is InChI=1S/C40H57IO16/c1-23(43)30-17-28-15-25(16-34(47)51-7)35(55-33(46)12-14-41)40(50,57-28)36(3,4)13-11-27-19-38(48,22-42)20-29(53-27)21-39(49)37(5,6)31(52-24(2)44)18-26(56-39)9-8-10-32(45)54-30/h11,13,16,23,26-31,35,42-43,48-50H,8-10,15,17-22H2,1-7H3/b13-11+,25-16+/t23-,26?,27+,28?,29+,30?,31?,35+,38?,39+,40?/m1/s1. The van der Waals surface area contributed by atoms with Gasteiger partial charge in [-0.15, -0.1) is 0 Å². The molecule has 4 rings (SSSR count). The van der Waals surface area contributed by atoms with Gasteiger partial charge in [0.25, 0.3) is 0 Å². The summed E-state index contributed by atoms with van der Waals surface area (Å²) in [5, 5.41) is 57.7. The fraction of sp³-hybridized carbons (Fsp3) is 0.750. The van der Waals surface area contributed by atoms with Crippen molar-refractivity contribution in [1.29, 1.82) is 0 Å². The van der Waals surface area contributed by atoms with Crippen molar-refractivity contribution in [2.75, 3.05) is 13.7 Å². The molecule has 3 saturated heterocycles. The molecule has 4 aliphatic rings. The van der Waals surface area contributed by atoms with Gasteiger partial charge in [0.2, 0.25) is 5.79 Å². The molecule has 0 aliphatic carbocycles. The van der Waals surface area contributed by atoms with E-state index < -0.39 is 107 Å². The minimum absolute atomic E-state index is 0.0888. The van der Waals surface area contributed by atoms with Gasteiger partial charge in [-0.05, 0) is 35.7 Å². The maximum absolute atomic E-state index is 13.3. The highest BCUT2D eigenvalue weighted by Crippen LogP contribution is 2.50. The number of rotatable bonds is 5. The molecule has 0 aromatic heterocycles. The van der Waals surface area contributed by atoms with Crippen LogP contribution >= 0.6 is 22.6 Å². The number of hydrogen-bond acceptors (Lipinski definition) is 16. The Labute approximate surface area is 346 Å². The molecule has 6 unspecified atom stereocenters. The zero-order valence-electron chi connectivity index (χ0n) is 33.5. The zero-order valence-corrected chi connectivity index (χ0v) is 35.7. The third-order valence-corrected chi connectivity index (χ3v) is 11.8. The van der Waals surface area contributed by atoms with Gasteiger partial charge in [0.1, 0.15) is 12.2 Å². The Balaban J connectivity index is 1.85. The van der Waals surface area contributed by atoms with Crippen LogP contribution in [0.5, 0.6) is 0 Å². The van der Waals surface area contributed by atoms with Gasteiger partial charge < -0.3 is 58.7 Å². The van der Waals surface area contributed by atoms with Gasteiger partial charge in [0.15, 0.2) is 11.9 Å². The van der Waals surface area contributed by atoms with Crippen LogP contribution < -0.4 is 0 Å². The summed E-state index contributed by atoms with van der Waals surface area (Å²) >= 11 is 1.65. The Morgan fingerprint density at radius 1 is 1.04 bits per heavy atom. The summed E-state index contributed by atoms with van der Waals surface area (Å²) in [5.74, 6) is -5.25. The molecule has 5 N–H and O–H groups in total. The second-order valence-electron chi connectivity index (χ2n) is 16.7. The molecule has 16 nitrogen and oxygen atoms in total. The summed E-state index contributed by atoms with van der Waals surface area (Å²) in [7, 11) is 1.15. The fourth-order valence-corrected chi connectivity index (χ4v) is 8.31. The summed E-state index contributed by atoms with van der Waals surface area (Å²) in [5.41, 5.74) is -4.29. The van der Waals surface area contributed by atoms with Crippen molar-refractivity contribution in [2.45, 2.75) is 165 Å². The number of aliphatic hydroxyl groups excluding tert-OH is 2. The molecule has 0 aromatic carbocycles. The number of cyclic esters (lactones) is 1. The lowest BCUT2D eigenvalue weighted by Crippen LogP contribution is -2.63. The van der Waals surface area contributed by atoms with Crippen molar-refractivity contribution in [3.8, 4) is 9.85 Å². The molecule has 3 fully saturated rings. The number of esters is 4. The van der Waals surface area contributed by atoms with Crippen LogP contribution in [0.15, 0.2) is 23.8 Å². The van der Waals surface area contributed by atoms with E-state index >= 15 is 0 Å². The van der Waals surface area contributed by atoms with Gasteiger partial charge in [-0.1, -0.05) is 39.8 Å². The van der Waals surface area contributed by atoms with Crippen LogP contribution in [0.1, 0.15) is 99.3 Å². The average Bonchev–Trinajstić information content (AvgIpc) is 3.10. The van der Waals surface area contributed by atoms with Gasteiger partial charge in [-0.3, -0.25) is 9.59 Å². The van der Waals surface area contributed by atoms with Gasteiger partial charge in [-0.2, -0.15) is 0 Å². The van der Waals surface area contributed by atoms with Crippen molar-refractivity contribution in [3.63, 3.8) is 0 Å². The summed E-state index contributed by atoms with van der Waals surface area (Å²) in [6, 6.07) is 0. The second-order valence-corrected chi connectivity index (χ2v) is 17.3. The van der Waals surface area contributed by atoms with Gasteiger partial charge >= 0.3 is 23.9 Å². The van der Waals surface area contributed by atoms with Crippen LogP contribution in [0.25, 0.3) is 0 Å². The predicted molar refractivity (Wildman–Crippen MR) is 207 cm³/mol. The fourth-order valence-electron chi connectivity index (χ4n) is 8.09. The Morgan fingerprint density at radius 2 is 1.74 bits per heavy atom. The maximum atomic E-state index is 13.3. The van der Waals surface area contributed by atoms with Gasteiger partial charge in [-0.25, -0.2) is 9.59 Å². The van der Waals surface area contributed by atoms with Crippen LogP contribution in [0, 0.1) is 20.7 Å². The van der Waals surface area contributed by atoms with E-state index in [1.165, 1.54) is 19.9 Å². The van der Waals surface area contributed by atoms with E-state index in [1.807, 2.05) is 0 Å². The maximum Gasteiger partial charge on any atom is 0.385 e. The quantitative estimate of drug-likeness (QED) is 0.0666. The molecule has 0 spiro atoms. The number of methoxy groups -OCH3 is 1. The molecular formula is C40H57IO16. The number of halogens is 1. The van der Waals surface area contributed by atoms with E-state index in [0.717, 1.165) is 13.2 Å². The summed E-state index contributed by atoms with van der Waals surface area (Å²) in [6.45, 7) is 8.58. The lowest BCUT2D eigenvalue weighted by molar-refractivity contribution is -0.349. The van der Waals surface area contributed by atoms with Gasteiger partial charge in [0, 0.05) is 85.5 Å². The van der Waals surface area contributed by atoms with E-state index in [9.17, 15) is 44.7 Å². The lowest BCUT2D eigenvalue weighted by atomic mass is 9.70. The Kier molecular flexibility index (Phi) is 15.4. The molecule has 320 valence electrons. The first-order valence-corrected chi connectivity index (χ1v) is 20.2. The molecule has 6 bridgehead atoms. The molecule has 0 aromatic rings. The molecule has 4 aliphatic heterocycles. The molecule has 11 atom stereocenters. The minimum atomic E-state index is -2.46. The van der Waals surface area contributed by atoms with Crippen LogP contribution in [0.2, 0.25) is 0 Å². The smallest absolute Gasteiger partial charge is 0.385 e. The molecule has 57 heavy (non-hydrogen) atoms. The van der Waals surface area contributed by atoms with E-state index in [2.05, 4.69) is 9.85 Å². The molecule has 17 heteroatoms. The van der Waals surface area contributed by atoms with Crippen LogP contribution in [0.3, 0.4) is 0 Å². The third-order valence-electron chi connectivity index (χ3n) is 11.6. The highest BCUT2D eigenvalue weighted by Gasteiger charge is 2.60. The minimum Gasteiger partial charge on any atom is -0.466 e. The first-order chi connectivity index (χ1) is 26.5. The first kappa shape index (κ1) is 47.0. The van der Waals surface area contributed by atoms with E-state index in [1.54, 1.807) is 56.4 Å². The number of hydrogen-bond donors (Lipinski definition) is 5. The molecule has 0 amide bonds. The number of carbonyl (C=O) groups is 4. The molecule has 0 saturated carbocycles. The Hall–Kier alpha value is -2.67. The summed E-state index contributed by atoms with van der Waals surface area (Å²) < 4.78 is 43.6. The summed E-state index contributed by atoms with van der Waals surface area (Å²) in [4.78, 5) is 51.0. The molecular weight excluding hydrogens is 863 g/mol. The van der Waals surface area contributed by atoms with E-state index in [0.29, 0.717) is 0 Å². The van der Waals surface area contributed by atoms with Gasteiger partial charge in [0.05, 0.1) is 55.3 Å². The third kappa shape index (κ3) is 11.1. The number of ether oxygens (including phenoxy) is 7. The monoisotopic (exact) mass is 920 g/mol. The van der Waals surface area contributed by atoms with Crippen molar-refractivity contribution >= 4 is 46.5 Å². The van der Waals surface area contributed by atoms with E-state index in [-0.39, 0.29) is 63.4 Å². The normalized spacial score (nSPS) is 38.9. The number of aliphatic hydroxyl groups is 5. The second kappa shape index (κ2) is 18.7. The van der Waals surface area contributed by atoms with Crippen molar-refractivity contribution in [1.82, 2.24) is 0 Å². The lowest BCUT2D eigenvalue weighted by Gasteiger charge is -2.54. The van der Waals surface area contributed by atoms with Crippen molar-refractivity contribution < 1.29 is 77.9 Å². The largest absolute Gasteiger partial charge is 0.466 e. The SMILES string of the molecule is COC(=O)/C=C1\CC2CC([C@@H](C)O)OC(=O)CCCC3CC(OC(C)=O)C(C)(C)[C@](O)(C[C@@H]4CC(O)(CO)C[C@H](/C=C/C(C)(C)C(O)(O2)[C@H]1OC(=O)C#CI)O4)O3. The summed E-state index contributed by atoms with van der Waals surface area (Å²) in [6.07, 6.45) is -4.26. The number of carbonyl (C=O) groups excluding carboxylic acids is 4. The Morgan fingerprint density at radius 3 is 2.35 bits per heavy atom. The highest BCUT2D eigenvalue weighted by atomic mass is 127. The topological polar surface area (TPSA) is 234 Å². The Bertz CT molecular complexity index is 1610. The van der Waals surface area contributed by atoms with Crippen LogP contribution in [0.4, 0.5) is 0 Å². The average molecular weight is 921 g/mol.